The van der Waals surface area contributed by atoms with Gasteiger partial charge in [-0.1, -0.05) is 29.3 Å². The van der Waals surface area contributed by atoms with Crippen molar-refractivity contribution in [2.45, 2.75) is 45.6 Å². The lowest BCUT2D eigenvalue weighted by molar-refractivity contribution is 0.631. The molecule has 1 N–H and O–H groups in total. The van der Waals surface area contributed by atoms with E-state index in [9.17, 15) is 0 Å². The zero-order valence-corrected chi connectivity index (χ0v) is 11.9. The molecular weight excluding hydrogens is 242 g/mol. The molecule has 2 rings (SSSR count). The standard InChI is InChI=1S/C16H22ClN/c1-13-11-16(17)8-7-15(13)12-18-10-9-14-5-3-2-4-6-14/h5,7-8,11,18H,2-4,6,9-10,12H2,1H3. The Balaban J connectivity index is 1.73. The average molecular weight is 264 g/mol. The van der Waals surface area contributed by atoms with Gasteiger partial charge in [-0.25, -0.2) is 0 Å². The van der Waals surface area contributed by atoms with Gasteiger partial charge in [0.25, 0.3) is 0 Å². The first-order chi connectivity index (χ1) is 8.75. The van der Waals surface area contributed by atoms with Crippen molar-refractivity contribution in [3.63, 3.8) is 0 Å². The molecule has 0 amide bonds. The molecule has 0 saturated heterocycles. The summed E-state index contributed by atoms with van der Waals surface area (Å²) in [6.45, 7) is 4.14. The smallest absolute Gasteiger partial charge is 0.0408 e. The van der Waals surface area contributed by atoms with Crippen molar-refractivity contribution < 1.29 is 0 Å². The Bertz CT molecular complexity index is 423. The number of aryl methyl sites for hydroxylation is 1. The van der Waals surface area contributed by atoms with Gasteiger partial charge in [-0.05, 0) is 68.8 Å². The molecule has 1 aliphatic carbocycles. The predicted molar refractivity (Wildman–Crippen MR) is 79.1 cm³/mol. The molecule has 0 unspecified atom stereocenters. The minimum absolute atomic E-state index is 0.823. The van der Waals surface area contributed by atoms with E-state index >= 15 is 0 Å². The molecule has 1 nitrogen and oxygen atoms in total. The van der Waals surface area contributed by atoms with E-state index < -0.39 is 0 Å². The Morgan fingerprint density at radius 1 is 1.28 bits per heavy atom. The van der Waals surface area contributed by atoms with Gasteiger partial charge in [0, 0.05) is 11.6 Å². The number of hydrogen-bond acceptors (Lipinski definition) is 1. The summed E-state index contributed by atoms with van der Waals surface area (Å²) < 4.78 is 0. The first-order valence-electron chi connectivity index (χ1n) is 6.89. The number of halogens is 1. The van der Waals surface area contributed by atoms with Crippen molar-refractivity contribution in [3.8, 4) is 0 Å². The third-order valence-corrected chi connectivity index (χ3v) is 3.86. The van der Waals surface area contributed by atoms with Crippen LogP contribution < -0.4 is 5.32 Å². The summed E-state index contributed by atoms with van der Waals surface area (Å²) in [5.41, 5.74) is 4.26. The van der Waals surface area contributed by atoms with Gasteiger partial charge in [-0.2, -0.15) is 0 Å². The third kappa shape index (κ3) is 4.15. The van der Waals surface area contributed by atoms with E-state index in [1.807, 2.05) is 12.1 Å². The molecule has 98 valence electrons. The number of nitrogens with one attached hydrogen (secondary N) is 1. The normalized spacial score (nSPS) is 15.6. The zero-order valence-electron chi connectivity index (χ0n) is 11.1. The maximum Gasteiger partial charge on any atom is 0.0408 e. The molecule has 1 aromatic carbocycles. The SMILES string of the molecule is Cc1cc(Cl)ccc1CNCCC1=CCCCC1. The fourth-order valence-electron chi connectivity index (χ4n) is 2.46. The summed E-state index contributed by atoms with van der Waals surface area (Å²) in [4.78, 5) is 0. The lowest BCUT2D eigenvalue weighted by Gasteiger charge is -2.13. The van der Waals surface area contributed by atoms with Crippen LogP contribution in [0.4, 0.5) is 0 Å². The zero-order chi connectivity index (χ0) is 12.8. The van der Waals surface area contributed by atoms with Gasteiger partial charge >= 0.3 is 0 Å². The molecule has 0 atom stereocenters. The number of hydrogen-bond donors (Lipinski definition) is 1. The third-order valence-electron chi connectivity index (χ3n) is 3.63. The minimum Gasteiger partial charge on any atom is -0.312 e. The van der Waals surface area contributed by atoms with Gasteiger partial charge in [0.1, 0.15) is 0 Å². The Morgan fingerprint density at radius 3 is 2.89 bits per heavy atom. The number of rotatable bonds is 5. The predicted octanol–water partition coefficient (Wildman–Crippen LogP) is 4.63. The van der Waals surface area contributed by atoms with Crippen LogP contribution in [0.2, 0.25) is 5.02 Å². The van der Waals surface area contributed by atoms with Gasteiger partial charge < -0.3 is 5.32 Å². The van der Waals surface area contributed by atoms with Gasteiger partial charge in [0.05, 0.1) is 0 Å². The second-order valence-corrected chi connectivity index (χ2v) is 5.54. The van der Waals surface area contributed by atoms with E-state index in [1.165, 1.54) is 43.2 Å². The van der Waals surface area contributed by atoms with Crippen molar-refractivity contribution in [1.29, 1.82) is 0 Å². The lowest BCUT2D eigenvalue weighted by atomic mass is 9.97. The molecule has 0 radical (unpaired) electrons. The summed E-state index contributed by atoms with van der Waals surface area (Å²) in [5, 5.41) is 4.35. The van der Waals surface area contributed by atoms with Crippen molar-refractivity contribution in [1.82, 2.24) is 5.32 Å². The van der Waals surface area contributed by atoms with Crippen LogP contribution in [0.15, 0.2) is 29.8 Å². The van der Waals surface area contributed by atoms with E-state index in [0.29, 0.717) is 0 Å². The van der Waals surface area contributed by atoms with Crippen LogP contribution in [-0.4, -0.2) is 6.54 Å². The van der Waals surface area contributed by atoms with Gasteiger partial charge in [0.2, 0.25) is 0 Å². The van der Waals surface area contributed by atoms with Gasteiger partial charge in [-0.3, -0.25) is 0 Å². The molecule has 1 aromatic rings. The molecule has 0 aliphatic heterocycles. The first kappa shape index (κ1) is 13.6. The van der Waals surface area contributed by atoms with Crippen molar-refractivity contribution in [2.24, 2.45) is 0 Å². The summed E-state index contributed by atoms with van der Waals surface area (Å²) >= 11 is 5.95. The largest absolute Gasteiger partial charge is 0.312 e. The van der Waals surface area contributed by atoms with Crippen LogP contribution >= 0.6 is 11.6 Å². The summed E-state index contributed by atoms with van der Waals surface area (Å²) in [6, 6.07) is 6.11. The number of allylic oxidation sites excluding steroid dienone is 1. The lowest BCUT2D eigenvalue weighted by Crippen LogP contribution is -2.16. The Hall–Kier alpha value is -0.790. The monoisotopic (exact) mass is 263 g/mol. The molecule has 0 bridgehead atoms. The van der Waals surface area contributed by atoms with Crippen LogP contribution in [0.25, 0.3) is 0 Å². The second-order valence-electron chi connectivity index (χ2n) is 5.11. The second kappa shape index (κ2) is 6.96. The molecule has 18 heavy (non-hydrogen) atoms. The topological polar surface area (TPSA) is 12.0 Å². The molecular formula is C16H22ClN. The summed E-state index contributed by atoms with van der Waals surface area (Å²) in [7, 11) is 0. The van der Waals surface area contributed by atoms with Crippen LogP contribution in [0.5, 0.6) is 0 Å². The molecule has 0 heterocycles. The van der Waals surface area contributed by atoms with Crippen LogP contribution in [0.1, 0.15) is 43.2 Å². The molecule has 0 saturated carbocycles. The van der Waals surface area contributed by atoms with E-state index in [-0.39, 0.29) is 0 Å². The van der Waals surface area contributed by atoms with E-state index in [0.717, 1.165) is 18.1 Å². The van der Waals surface area contributed by atoms with Crippen molar-refractivity contribution in [3.05, 3.63) is 46.0 Å². The Kier molecular flexibility index (Phi) is 5.27. The highest BCUT2D eigenvalue weighted by atomic mass is 35.5. The van der Waals surface area contributed by atoms with E-state index in [4.69, 9.17) is 11.6 Å². The van der Waals surface area contributed by atoms with E-state index in [1.54, 1.807) is 5.57 Å². The minimum atomic E-state index is 0.823. The summed E-state index contributed by atoms with van der Waals surface area (Å²) in [5.74, 6) is 0. The Morgan fingerprint density at radius 2 is 2.17 bits per heavy atom. The summed E-state index contributed by atoms with van der Waals surface area (Å²) in [6.07, 6.45) is 8.97. The van der Waals surface area contributed by atoms with E-state index in [2.05, 4.69) is 24.4 Å². The molecule has 2 heteroatoms. The van der Waals surface area contributed by atoms with Gasteiger partial charge in [-0.15, -0.1) is 0 Å². The highest BCUT2D eigenvalue weighted by Gasteiger charge is 2.03. The highest BCUT2D eigenvalue weighted by molar-refractivity contribution is 6.30. The maximum absolute atomic E-state index is 5.95. The fourth-order valence-corrected chi connectivity index (χ4v) is 2.69. The van der Waals surface area contributed by atoms with Crippen molar-refractivity contribution in [2.75, 3.05) is 6.54 Å². The molecule has 1 aliphatic rings. The van der Waals surface area contributed by atoms with Gasteiger partial charge in [0.15, 0.2) is 0 Å². The average Bonchev–Trinajstić information content (AvgIpc) is 2.38. The quantitative estimate of drug-likeness (QED) is 0.603. The Labute approximate surface area is 115 Å². The molecule has 0 aromatic heterocycles. The molecule has 0 spiro atoms. The van der Waals surface area contributed by atoms with Crippen LogP contribution in [-0.2, 0) is 6.54 Å². The number of benzene rings is 1. The fraction of sp³-hybridized carbons (Fsp3) is 0.500. The highest BCUT2D eigenvalue weighted by Crippen LogP contribution is 2.19. The van der Waals surface area contributed by atoms with Crippen LogP contribution in [0, 0.1) is 6.92 Å². The van der Waals surface area contributed by atoms with Crippen LogP contribution in [0.3, 0.4) is 0 Å². The first-order valence-corrected chi connectivity index (χ1v) is 7.27. The molecule has 0 fully saturated rings. The van der Waals surface area contributed by atoms with Crippen molar-refractivity contribution >= 4 is 11.6 Å². The maximum atomic E-state index is 5.95.